The molecule has 0 heterocycles. The fourth-order valence-corrected chi connectivity index (χ4v) is 0. The van der Waals surface area contributed by atoms with Gasteiger partial charge in [-0.3, -0.25) is 0 Å². The van der Waals surface area contributed by atoms with Gasteiger partial charge in [0.25, 0.3) is 0 Å². The van der Waals surface area contributed by atoms with Crippen LogP contribution in [0, 0.1) is 0 Å². The van der Waals surface area contributed by atoms with E-state index in [2.05, 4.69) is 0 Å². The second-order valence-corrected chi connectivity index (χ2v) is 0. The van der Waals surface area contributed by atoms with Gasteiger partial charge in [-0.25, -0.2) is 0 Å². The minimum Gasteiger partial charge on any atom is -0.0683 e. The first-order valence-electron chi connectivity index (χ1n) is 2.00. The first-order chi connectivity index (χ1) is 2.00. The van der Waals surface area contributed by atoms with Crippen LogP contribution in [-0.2, 0) is 0 Å². The maximum atomic E-state index is 2.00. The fraction of sp³-hybridized carbons (Fsp3) is 1.00. The molecule has 0 bridgehead atoms. The number of rotatable bonds is 0. The lowest BCUT2D eigenvalue weighted by Gasteiger charge is -1.07. The molecule has 0 aromatic carbocycles. The van der Waals surface area contributed by atoms with Crippen LogP contribution in [0.4, 0.5) is 0 Å². The maximum absolute atomic E-state index is 2.00. The molecule has 0 fully saturated rings. The molecule has 0 spiro atoms. The van der Waals surface area contributed by atoms with Crippen molar-refractivity contribution in [3.8, 4) is 0 Å². The zero-order valence-corrected chi connectivity index (χ0v) is 4.00. The molecule has 0 aliphatic carbocycles. The molecule has 0 aromatic rings. The smallest absolute Gasteiger partial charge is 0 e. The lowest BCUT2D eigenvalue weighted by atomic mass is 11.0. The van der Waals surface area contributed by atoms with Crippen LogP contribution in [0.1, 0.15) is 29.1 Å². The van der Waals surface area contributed by atoms with Crippen LogP contribution in [0.15, 0.2) is 0 Å². The summed E-state index contributed by atoms with van der Waals surface area (Å²) in [6.07, 6.45) is 0. The lowest BCUT2D eigenvalue weighted by molar-refractivity contribution is 1.50. The molecule has 0 aliphatic heterocycles. The van der Waals surface area contributed by atoms with Crippen molar-refractivity contribution in [2.45, 2.75) is 27.7 Å². The standard InChI is InChI=1S/2C2H6.H2/c2*1-2;/h2*1-2H3;1H/i;;1+2. The first kappa shape index (κ1) is 9.00. The van der Waals surface area contributed by atoms with E-state index in [0.29, 0.717) is 0 Å². The van der Waals surface area contributed by atoms with Crippen LogP contribution in [0.25, 0.3) is 0 Å². The second-order valence-electron chi connectivity index (χ2n) is 0. The van der Waals surface area contributed by atoms with Gasteiger partial charge in [-0.15, -0.1) is 0 Å². The van der Waals surface area contributed by atoms with Crippen LogP contribution in [0.5, 0.6) is 0 Å². The fourth-order valence-electron chi connectivity index (χ4n) is 0. The largest absolute Gasteiger partial charge is 0.0683 e. The predicted molar refractivity (Wildman–Crippen MR) is 24.8 cm³/mol. The molecule has 0 aliphatic rings. The van der Waals surface area contributed by atoms with Crippen molar-refractivity contribution < 1.29 is 1.43 Å². The van der Waals surface area contributed by atoms with Crippen molar-refractivity contribution in [1.82, 2.24) is 0 Å². The SMILES string of the molecule is CC.CC.[3HH]. The van der Waals surface area contributed by atoms with Gasteiger partial charge in [0.05, 0.1) is 0 Å². The summed E-state index contributed by atoms with van der Waals surface area (Å²) in [4.78, 5) is 0. The van der Waals surface area contributed by atoms with Gasteiger partial charge < -0.3 is 0 Å². The van der Waals surface area contributed by atoms with Crippen molar-refractivity contribution in [2.24, 2.45) is 0 Å². The summed E-state index contributed by atoms with van der Waals surface area (Å²) in [6, 6.07) is 0. The van der Waals surface area contributed by atoms with Gasteiger partial charge in [0.2, 0.25) is 0 Å². The van der Waals surface area contributed by atoms with Crippen LogP contribution >= 0.6 is 0 Å². The van der Waals surface area contributed by atoms with E-state index in [1.54, 1.807) is 0 Å². The van der Waals surface area contributed by atoms with Gasteiger partial charge in [0.15, 0.2) is 0 Å². The van der Waals surface area contributed by atoms with Crippen LogP contribution in [-0.4, -0.2) is 0 Å². The molecular weight excluding hydrogens is 48.0 g/mol. The minimum absolute atomic E-state index is 0. The summed E-state index contributed by atoms with van der Waals surface area (Å²) in [7, 11) is 0. The molecule has 0 unspecified atom stereocenters. The van der Waals surface area contributed by atoms with Crippen LogP contribution in [0.2, 0.25) is 0 Å². The molecule has 0 amide bonds. The van der Waals surface area contributed by atoms with Gasteiger partial charge in [-0.2, -0.15) is 0 Å². The third kappa shape index (κ3) is 0. The summed E-state index contributed by atoms with van der Waals surface area (Å²) in [5.74, 6) is 0. The van der Waals surface area contributed by atoms with E-state index < -0.39 is 0 Å². The van der Waals surface area contributed by atoms with Crippen molar-refractivity contribution in [3.63, 3.8) is 0 Å². The highest BCUT2D eigenvalue weighted by atomic mass is 13.0. The molecule has 30 valence electrons. The Hall–Kier alpha value is 0. The Bertz CT molecular complexity index is 3.61. The Balaban J connectivity index is -0.0000000133. The van der Waals surface area contributed by atoms with Crippen LogP contribution < -0.4 is 0 Å². The molecule has 0 saturated carbocycles. The third-order valence-electron chi connectivity index (χ3n) is 0. The van der Waals surface area contributed by atoms with Gasteiger partial charge in [-0.1, -0.05) is 27.7 Å². The van der Waals surface area contributed by atoms with Crippen LogP contribution in [0.3, 0.4) is 0 Å². The van der Waals surface area contributed by atoms with Crippen molar-refractivity contribution in [3.05, 3.63) is 0 Å². The lowest BCUT2D eigenvalue weighted by Crippen LogP contribution is -0.856. The zero-order valence-electron chi connectivity index (χ0n) is 4.00. The Morgan fingerprint density at radius 2 is 0.750 bits per heavy atom. The van der Waals surface area contributed by atoms with E-state index in [1.165, 1.54) is 0 Å². The second kappa shape index (κ2) is 0. The normalized spacial score (nSPS) is 3.00. The molecule has 0 rings (SSSR count). The average Bonchev–Trinajstić information content (AvgIpc) is 1.50. The van der Waals surface area contributed by atoms with E-state index in [0.717, 1.165) is 0 Å². The van der Waals surface area contributed by atoms with E-state index in [-0.39, 0.29) is 1.43 Å². The van der Waals surface area contributed by atoms with Crippen molar-refractivity contribution in [1.29, 1.82) is 0 Å². The van der Waals surface area contributed by atoms with Gasteiger partial charge in [0.1, 0.15) is 0 Å². The molecule has 0 nitrogen and oxygen atoms in total. The van der Waals surface area contributed by atoms with E-state index in [1.807, 2.05) is 27.7 Å². The zero-order chi connectivity index (χ0) is 4.00. The molecule has 0 atom stereocenters. The van der Waals surface area contributed by atoms with E-state index in [4.69, 9.17) is 0 Å². The Morgan fingerprint density at radius 1 is 0.750 bits per heavy atom. The highest BCUT2D eigenvalue weighted by Gasteiger charge is 0.934. The molecular formula is C4H14. The van der Waals surface area contributed by atoms with Crippen molar-refractivity contribution in [2.75, 3.05) is 0 Å². The third-order valence-corrected chi connectivity index (χ3v) is 0. The minimum atomic E-state index is 0. The molecule has 0 saturated heterocycles. The summed E-state index contributed by atoms with van der Waals surface area (Å²) in [5, 5.41) is 0. The number of hydrogen-bond donors (Lipinski definition) is 0. The monoisotopic (exact) mass is 64.1 g/mol. The summed E-state index contributed by atoms with van der Waals surface area (Å²) >= 11 is 0. The Kier molecular flexibility index (Phi) is 0. The van der Waals surface area contributed by atoms with Gasteiger partial charge >= 0.3 is 0 Å². The van der Waals surface area contributed by atoms with E-state index in [9.17, 15) is 0 Å². The Morgan fingerprint density at radius 3 is 0.750 bits per heavy atom. The highest BCUT2D eigenvalue weighted by molar-refractivity contribution is 3.51. The summed E-state index contributed by atoms with van der Waals surface area (Å²) in [5.41, 5.74) is 0. The summed E-state index contributed by atoms with van der Waals surface area (Å²) in [6.45, 7) is 8.00. The topological polar surface area (TPSA) is 0 Å². The molecule has 0 heteroatoms. The summed E-state index contributed by atoms with van der Waals surface area (Å²) < 4.78 is 0. The van der Waals surface area contributed by atoms with Gasteiger partial charge in [-0.05, 0) is 0 Å². The maximum Gasteiger partial charge on any atom is 0 e. The quantitative estimate of drug-likeness (QED) is 0.405. The average molecular weight is 64.2 g/mol. The highest BCUT2D eigenvalue weighted by Crippen LogP contribution is 1.15. The number of hydrogen-bond acceptors (Lipinski definition) is 0. The molecule has 0 aromatic heterocycles. The molecule has 0 N–H and O–H groups in total. The van der Waals surface area contributed by atoms with Gasteiger partial charge in [0, 0.05) is 1.43 Å². The molecule has 0 radical (unpaired) electrons. The first-order valence-corrected chi connectivity index (χ1v) is 2.00. The van der Waals surface area contributed by atoms with Crippen molar-refractivity contribution >= 4 is 0 Å². The predicted octanol–water partition coefficient (Wildman–Crippen LogP) is 2.30. The Labute approximate surface area is 30.3 Å². The molecule has 4 heavy (non-hydrogen) atoms. The van der Waals surface area contributed by atoms with E-state index >= 15 is 0 Å².